The van der Waals surface area contributed by atoms with Gasteiger partial charge in [0.25, 0.3) is 0 Å². The van der Waals surface area contributed by atoms with Crippen LogP contribution in [-0.2, 0) is 11.2 Å². The van der Waals surface area contributed by atoms with E-state index < -0.39 is 0 Å². The third-order valence-corrected chi connectivity index (χ3v) is 4.85. The molecule has 2 N–H and O–H groups in total. The second-order valence-electron chi connectivity index (χ2n) is 6.59. The lowest BCUT2D eigenvalue weighted by molar-refractivity contribution is -0.126. The van der Waals surface area contributed by atoms with Gasteiger partial charge in [0.05, 0.1) is 6.04 Å². The van der Waals surface area contributed by atoms with Gasteiger partial charge in [-0.05, 0) is 70.8 Å². The van der Waals surface area contributed by atoms with Gasteiger partial charge in [-0.1, -0.05) is 30.3 Å². The van der Waals surface area contributed by atoms with Crippen LogP contribution in [0.25, 0.3) is 0 Å². The van der Waals surface area contributed by atoms with Crippen molar-refractivity contribution in [1.82, 2.24) is 15.5 Å². The number of rotatable bonds is 8. The Bertz CT molecular complexity index is 455. The van der Waals surface area contributed by atoms with Crippen LogP contribution in [0.5, 0.6) is 0 Å². The SMILES string of the molecule is CNCCCNC(=O)C(C)N1CCC(Cc2ccccc2)CC1. The van der Waals surface area contributed by atoms with Crippen LogP contribution in [0, 0.1) is 5.92 Å². The van der Waals surface area contributed by atoms with E-state index in [-0.39, 0.29) is 11.9 Å². The van der Waals surface area contributed by atoms with Crippen LogP contribution in [0.1, 0.15) is 31.7 Å². The van der Waals surface area contributed by atoms with E-state index in [1.807, 2.05) is 14.0 Å². The van der Waals surface area contributed by atoms with E-state index in [1.54, 1.807) is 0 Å². The van der Waals surface area contributed by atoms with Crippen LogP contribution in [0.3, 0.4) is 0 Å². The first-order chi connectivity index (χ1) is 11.2. The summed E-state index contributed by atoms with van der Waals surface area (Å²) in [6.07, 6.45) is 4.52. The molecule has 1 fully saturated rings. The second-order valence-corrected chi connectivity index (χ2v) is 6.59. The lowest BCUT2D eigenvalue weighted by Gasteiger charge is -2.35. The third-order valence-electron chi connectivity index (χ3n) is 4.85. The number of hydrogen-bond donors (Lipinski definition) is 2. The number of nitrogens with one attached hydrogen (secondary N) is 2. The fraction of sp³-hybridized carbons (Fsp3) is 0.632. The molecule has 0 aromatic heterocycles. The maximum atomic E-state index is 12.2. The lowest BCUT2D eigenvalue weighted by atomic mass is 9.89. The van der Waals surface area contributed by atoms with Gasteiger partial charge in [-0.15, -0.1) is 0 Å². The molecule has 4 nitrogen and oxygen atoms in total. The molecule has 1 atom stereocenters. The van der Waals surface area contributed by atoms with Crippen molar-refractivity contribution in [1.29, 1.82) is 0 Å². The molecule has 0 radical (unpaired) electrons. The number of carbonyl (C=O) groups excluding carboxylic acids is 1. The monoisotopic (exact) mass is 317 g/mol. The minimum absolute atomic E-state index is 0.0118. The standard InChI is InChI=1S/C19H31N3O/c1-16(19(23)21-12-6-11-20-2)22-13-9-18(10-14-22)15-17-7-4-3-5-8-17/h3-5,7-8,16,18,20H,6,9-15H2,1-2H3,(H,21,23). The molecule has 0 bridgehead atoms. The van der Waals surface area contributed by atoms with Gasteiger partial charge in [-0.2, -0.15) is 0 Å². The molecule has 4 heteroatoms. The molecule has 23 heavy (non-hydrogen) atoms. The summed E-state index contributed by atoms with van der Waals surface area (Å²) in [6, 6.07) is 10.7. The Morgan fingerprint density at radius 1 is 1.22 bits per heavy atom. The highest BCUT2D eigenvalue weighted by atomic mass is 16.2. The zero-order valence-electron chi connectivity index (χ0n) is 14.6. The van der Waals surface area contributed by atoms with Gasteiger partial charge in [0.15, 0.2) is 0 Å². The molecule has 1 heterocycles. The molecule has 128 valence electrons. The number of benzene rings is 1. The molecular formula is C19H31N3O. The van der Waals surface area contributed by atoms with Crippen molar-refractivity contribution in [2.45, 2.75) is 38.6 Å². The Morgan fingerprint density at radius 2 is 1.91 bits per heavy atom. The fourth-order valence-electron chi connectivity index (χ4n) is 3.28. The minimum Gasteiger partial charge on any atom is -0.355 e. The normalized spacial score (nSPS) is 17.8. The molecule has 2 rings (SSSR count). The summed E-state index contributed by atoms with van der Waals surface area (Å²) in [5.74, 6) is 0.919. The summed E-state index contributed by atoms with van der Waals surface area (Å²) in [5, 5.41) is 6.14. The number of amides is 1. The highest BCUT2D eigenvalue weighted by molar-refractivity contribution is 5.81. The molecular weight excluding hydrogens is 286 g/mol. The predicted octanol–water partition coefficient (Wildman–Crippen LogP) is 2.06. The number of hydrogen-bond acceptors (Lipinski definition) is 3. The van der Waals surface area contributed by atoms with E-state index in [9.17, 15) is 4.79 Å². The van der Waals surface area contributed by atoms with Crippen LogP contribution < -0.4 is 10.6 Å². The van der Waals surface area contributed by atoms with Crippen molar-refractivity contribution in [3.05, 3.63) is 35.9 Å². The van der Waals surface area contributed by atoms with E-state index in [1.165, 1.54) is 24.8 Å². The van der Waals surface area contributed by atoms with Crippen LogP contribution in [0.4, 0.5) is 0 Å². The minimum atomic E-state index is -0.0118. The van der Waals surface area contributed by atoms with Crippen molar-refractivity contribution >= 4 is 5.91 Å². The van der Waals surface area contributed by atoms with Gasteiger partial charge < -0.3 is 10.6 Å². The highest BCUT2D eigenvalue weighted by Crippen LogP contribution is 2.22. The Balaban J connectivity index is 1.69. The topological polar surface area (TPSA) is 44.4 Å². The zero-order chi connectivity index (χ0) is 16.5. The molecule has 1 aliphatic heterocycles. The van der Waals surface area contributed by atoms with Gasteiger partial charge in [-0.3, -0.25) is 9.69 Å². The highest BCUT2D eigenvalue weighted by Gasteiger charge is 2.26. The van der Waals surface area contributed by atoms with E-state index >= 15 is 0 Å². The first kappa shape index (κ1) is 18.0. The van der Waals surface area contributed by atoms with Gasteiger partial charge >= 0.3 is 0 Å². The summed E-state index contributed by atoms with van der Waals surface area (Å²) in [4.78, 5) is 14.5. The van der Waals surface area contributed by atoms with Crippen molar-refractivity contribution in [2.24, 2.45) is 5.92 Å². The Kier molecular flexibility index (Phi) is 7.56. The zero-order valence-corrected chi connectivity index (χ0v) is 14.6. The molecule has 1 aromatic rings. The number of carbonyl (C=O) groups is 1. The van der Waals surface area contributed by atoms with Crippen LogP contribution >= 0.6 is 0 Å². The van der Waals surface area contributed by atoms with Gasteiger partial charge in [0.2, 0.25) is 5.91 Å². The predicted molar refractivity (Wildman–Crippen MR) is 95.5 cm³/mol. The van der Waals surface area contributed by atoms with E-state index in [4.69, 9.17) is 0 Å². The maximum absolute atomic E-state index is 12.2. The largest absolute Gasteiger partial charge is 0.355 e. The van der Waals surface area contributed by atoms with Crippen molar-refractivity contribution in [2.75, 3.05) is 33.2 Å². The molecule has 1 aromatic carbocycles. The van der Waals surface area contributed by atoms with Crippen LogP contribution in [0.2, 0.25) is 0 Å². The summed E-state index contributed by atoms with van der Waals surface area (Å²) in [5.41, 5.74) is 1.43. The second kappa shape index (κ2) is 9.68. The molecule has 1 aliphatic rings. The number of likely N-dealkylation sites (tertiary alicyclic amines) is 1. The fourth-order valence-corrected chi connectivity index (χ4v) is 3.28. The van der Waals surface area contributed by atoms with Crippen molar-refractivity contribution in [3.63, 3.8) is 0 Å². The summed E-state index contributed by atoms with van der Waals surface area (Å²) >= 11 is 0. The first-order valence-electron chi connectivity index (χ1n) is 8.91. The summed E-state index contributed by atoms with van der Waals surface area (Å²) in [6.45, 7) is 5.80. The summed E-state index contributed by atoms with van der Waals surface area (Å²) in [7, 11) is 1.93. The molecule has 1 amide bonds. The Labute approximate surface area is 140 Å². The average Bonchev–Trinajstić information content (AvgIpc) is 2.59. The van der Waals surface area contributed by atoms with Gasteiger partial charge in [0.1, 0.15) is 0 Å². The van der Waals surface area contributed by atoms with Gasteiger partial charge in [-0.25, -0.2) is 0 Å². The van der Waals surface area contributed by atoms with Crippen molar-refractivity contribution in [3.8, 4) is 0 Å². The quantitative estimate of drug-likeness (QED) is 0.721. The Morgan fingerprint density at radius 3 is 2.57 bits per heavy atom. The molecule has 0 saturated carbocycles. The molecule has 1 unspecified atom stereocenters. The molecule has 0 spiro atoms. The Hall–Kier alpha value is -1.39. The first-order valence-corrected chi connectivity index (χ1v) is 8.91. The molecule has 0 aliphatic carbocycles. The third kappa shape index (κ3) is 5.96. The van der Waals surface area contributed by atoms with E-state index in [0.717, 1.165) is 38.5 Å². The smallest absolute Gasteiger partial charge is 0.237 e. The summed E-state index contributed by atoms with van der Waals surface area (Å²) < 4.78 is 0. The maximum Gasteiger partial charge on any atom is 0.237 e. The van der Waals surface area contributed by atoms with Crippen LogP contribution in [-0.4, -0.2) is 50.1 Å². The molecule has 1 saturated heterocycles. The van der Waals surface area contributed by atoms with Crippen LogP contribution in [0.15, 0.2) is 30.3 Å². The van der Waals surface area contributed by atoms with E-state index in [2.05, 4.69) is 45.9 Å². The lowest BCUT2D eigenvalue weighted by Crippen LogP contribution is -2.48. The average molecular weight is 317 g/mol. The number of nitrogens with zero attached hydrogens (tertiary/aromatic N) is 1. The van der Waals surface area contributed by atoms with E-state index in [0.29, 0.717) is 0 Å². The number of piperidine rings is 1. The van der Waals surface area contributed by atoms with Gasteiger partial charge in [0, 0.05) is 6.54 Å². The van der Waals surface area contributed by atoms with Crippen molar-refractivity contribution < 1.29 is 4.79 Å².